The van der Waals surface area contributed by atoms with Gasteiger partial charge < -0.3 is 19.5 Å². The minimum atomic E-state index is -0.482. The second-order valence-electron chi connectivity index (χ2n) is 7.38. The molecule has 0 saturated heterocycles. The van der Waals surface area contributed by atoms with Gasteiger partial charge in [-0.05, 0) is 42.0 Å². The Morgan fingerprint density at radius 2 is 1.91 bits per heavy atom. The van der Waals surface area contributed by atoms with Gasteiger partial charge in [-0.2, -0.15) is 5.10 Å². The van der Waals surface area contributed by atoms with Gasteiger partial charge >= 0.3 is 0 Å². The van der Waals surface area contributed by atoms with E-state index in [9.17, 15) is 14.9 Å². The van der Waals surface area contributed by atoms with Crippen LogP contribution in [0.2, 0.25) is 0 Å². The number of fused-ring (bicyclic) bond motifs is 1. The zero-order chi connectivity index (χ0) is 23.5. The second-order valence-corrected chi connectivity index (χ2v) is 7.38. The fourth-order valence-corrected chi connectivity index (χ4v) is 3.41. The van der Waals surface area contributed by atoms with E-state index in [-0.39, 0.29) is 18.2 Å². The van der Waals surface area contributed by atoms with Gasteiger partial charge in [0.25, 0.3) is 11.6 Å². The van der Waals surface area contributed by atoms with Gasteiger partial charge in [0.2, 0.25) is 6.79 Å². The summed E-state index contributed by atoms with van der Waals surface area (Å²) in [5.74, 6) is 1.57. The van der Waals surface area contributed by atoms with Gasteiger partial charge in [-0.3, -0.25) is 14.9 Å². The highest BCUT2D eigenvalue weighted by Gasteiger charge is 2.15. The SMILES string of the molecule is O=C(Nc1cccc(COc2ccc3c(c2)OCO3)c1)c1ccn(-c2cccc([N+](=O)[O-])c2)n1. The van der Waals surface area contributed by atoms with Crippen molar-refractivity contribution in [2.24, 2.45) is 0 Å². The second kappa shape index (κ2) is 8.94. The Bertz CT molecular complexity index is 1380. The first-order valence-corrected chi connectivity index (χ1v) is 10.3. The van der Waals surface area contributed by atoms with Crippen molar-refractivity contribution in [3.8, 4) is 22.9 Å². The van der Waals surface area contributed by atoms with Crippen LogP contribution in [0.15, 0.2) is 79.0 Å². The molecule has 0 spiro atoms. The molecule has 0 bridgehead atoms. The smallest absolute Gasteiger partial charge is 0.276 e. The topological polar surface area (TPSA) is 118 Å². The number of aromatic nitrogens is 2. The summed E-state index contributed by atoms with van der Waals surface area (Å²) >= 11 is 0. The van der Waals surface area contributed by atoms with E-state index in [1.807, 2.05) is 18.2 Å². The molecule has 0 atom stereocenters. The number of nitro groups is 1. The van der Waals surface area contributed by atoms with E-state index in [0.29, 0.717) is 35.2 Å². The molecule has 1 aromatic heterocycles. The Kier molecular flexibility index (Phi) is 5.53. The minimum Gasteiger partial charge on any atom is -0.489 e. The fourth-order valence-electron chi connectivity index (χ4n) is 3.41. The average molecular weight is 458 g/mol. The maximum atomic E-state index is 12.7. The van der Waals surface area contributed by atoms with Crippen LogP contribution in [-0.2, 0) is 6.61 Å². The number of non-ortho nitro benzene ring substituents is 1. The molecule has 34 heavy (non-hydrogen) atoms. The van der Waals surface area contributed by atoms with Crippen molar-refractivity contribution >= 4 is 17.3 Å². The van der Waals surface area contributed by atoms with Gasteiger partial charge in [-0.25, -0.2) is 4.68 Å². The van der Waals surface area contributed by atoms with E-state index >= 15 is 0 Å². The number of carbonyl (C=O) groups excluding carboxylic acids is 1. The van der Waals surface area contributed by atoms with E-state index in [4.69, 9.17) is 14.2 Å². The summed E-state index contributed by atoms with van der Waals surface area (Å²) in [6.45, 7) is 0.495. The number of rotatable bonds is 7. The van der Waals surface area contributed by atoms with E-state index in [2.05, 4.69) is 10.4 Å². The Morgan fingerprint density at radius 3 is 2.79 bits per heavy atom. The molecule has 3 aromatic carbocycles. The van der Waals surface area contributed by atoms with Crippen LogP contribution in [0.1, 0.15) is 16.1 Å². The number of nitro benzene ring substituents is 1. The lowest BCUT2D eigenvalue weighted by Crippen LogP contribution is -2.13. The van der Waals surface area contributed by atoms with Crippen molar-refractivity contribution < 1.29 is 23.9 Å². The molecule has 5 rings (SSSR count). The molecule has 1 N–H and O–H groups in total. The maximum Gasteiger partial charge on any atom is 0.276 e. The minimum absolute atomic E-state index is 0.0567. The number of hydrogen-bond donors (Lipinski definition) is 1. The first kappa shape index (κ1) is 21.0. The third-order valence-corrected chi connectivity index (χ3v) is 5.06. The third kappa shape index (κ3) is 4.51. The Balaban J connectivity index is 1.24. The first-order valence-electron chi connectivity index (χ1n) is 10.3. The molecule has 0 fully saturated rings. The summed E-state index contributed by atoms with van der Waals surface area (Å²) in [6.07, 6.45) is 1.57. The number of benzene rings is 3. The number of ether oxygens (including phenoxy) is 3. The maximum absolute atomic E-state index is 12.7. The Morgan fingerprint density at radius 1 is 1.06 bits per heavy atom. The molecule has 10 heteroatoms. The van der Waals surface area contributed by atoms with Gasteiger partial charge in [0.1, 0.15) is 12.4 Å². The summed E-state index contributed by atoms with van der Waals surface area (Å²) in [5, 5.41) is 18.0. The van der Waals surface area contributed by atoms with E-state index in [1.165, 1.54) is 16.8 Å². The number of carbonyl (C=O) groups is 1. The molecule has 4 aromatic rings. The number of nitrogens with zero attached hydrogens (tertiary/aromatic N) is 3. The monoisotopic (exact) mass is 458 g/mol. The zero-order valence-corrected chi connectivity index (χ0v) is 17.7. The Labute approximate surface area is 193 Å². The van der Waals surface area contributed by atoms with Gasteiger partial charge in [0.15, 0.2) is 17.2 Å². The average Bonchev–Trinajstić information content (AvgIpc) is 3.53. The lowest BCUT2D eigenvalue weighted by Gasteiger charge is -2.09. The standard InChI is InChI=1S/C24H18N4O6/c29-24(21-9-10-27(26-21)18-5-2-6-19(12-18)28(30)31)25-17-4-1-3-16(11-17)14-32-20-7-8-22-23(13-20)34-15-33-22/h1-13H,14-15H2,(H,25,29). The molecular formula is C24H18N4O6. The quantitative estimate of drug-likeness (QED) is 0.323. The number of hydrogen-bond acceptors (Lipinski definition) is 7. The molecule has 10 nitrogen and oxygen atoms in total. The number of nitrogens with one attached hydrogen (secondary N) is 1. The fraction of sp³-hybridized carbons (Fsp3) is 0.0833. The van der Waals surface area contributed by atoms with Crippen molar-refractivity contribution in [1.29, 1.82) is 0 Å². The molecule has 0 aliphatic carbocycles. The zero-order valence-electron chi connectivity index (χ0n) is 17.7. The van der Waals surface area contributed by atoms with E-state index in [0.717, 1.165) is 5.56 Å². The first-order chi connectivity index (χ1) is 16.5. The Hall–Kier alpha value is -4.86. The van der Waals surface area contributed by atoms with E-state index < -0.39 is 10.8 Å². The van der Waals surface area contributed by atoms with Crippen LogP contribution >= 0.6 is 0 Å². The van der Waals surface area contributed by atoms with Crippen molar-refractivity contribution in [1.82, 2.24) is 9.78 Å². The summed E-state index contributed by atoms with van der Waals surface area (Å²) in [7, 11) is 0. The molecule has 0 saturated carbocycles. The molecule has 0 unspecified atom stereocenters. The summed E-state index contributed by atoms with van der Waals surface area (Å²) in [5.41, 5.74) is 2.04. The summed E-state index contributed by atoms with van der Waals surface area (Å²) in [4.78, 5) is 23.2. The number of amides is 1. The van der Waals surface area contributed by atoms with Crippen LogP contribution < -0.4 is 19.5 Å². The number of anilines is 1. The molecule has 2 heterocycles. The van der Waals surface area contributed by atoms with Crippen molar-refractivity contribution in [3.63, 3.8) is 0 Å². The van der Waals surface area contributed by atoms with E-state index in [1.54, 1.807) is 48.7 Å². The predicted molar refractivity (Wildman–Crippen MR) is 122 cm³/mol. The molecule has 1 amide bonds. The lowest BCUT2D eigenvalue weighted by atomic mass is 10.2. The van der Waals surface area contributed by atoms with Crippen LogP contribution in [0, 0.1) is 10.1 Å². The highest BCUT2D eigenvalue weighted by molar-refractivity contribution is 6.02. The summed E-state index contributed by atoms with van der Waals surface area (Å²) < 4.78 is 17.9. The van der Waals surface area contributed by atoms with Gasteiger partial charge in [0.05, 0.1) is 10.6 Å². The normalized spacial score (nSPS) is 11.8. The predicted octanol–water partition coefficient (Wildman–Crippen LogP) is 4.34. The van der Waals surface area contributed by atoms with Crippen molar-refractivity contribution in [3.05, 3.63) is 100 Å². The van der Waals surface area contributed by atoms with Crippen LogP contribution in [0.4, 0.5) is 11.4 Å². The molecule has 1 aliphatic heterocycles. The lowest BCUT2D eigenvalue weighted by molar-refractivity contribution is -0.384. The molecule has 0 radical (unpaired) electrons. The van der Waals surface area contributed by atoms with Crippen LogP contribution in [-0.4, -0.2) is 27.4 Å². The highest BCUT2D eigenvalue weighted by Crippen LogP contribution is 2.35. The van der Waals surface area contributed by atoms with Gasteiger partial charge in [-0.1, -0.05) is 18.2 Å². The van der Waals surface area contributed by atoms with Crippen LogP contribution in [0.25, 0.3) is 5.69 Å². The van der Waals surface area contributed by atoms with Gasteiger partial charge in [-0.15, -0.1) is 0 Å². The molecule has 1 aliphatic rings. The van der Waals surface area contributed by atoms with Gasteiger partial charge in [0, 0.05) is 30.1 Å². The highest BCUT2D eigenvalue weighted by atomic mass is 16.7. The largest absolute Gasteiger partial charge is 0.489 e. The molecular weight excluding hydrogens is 440 g/mol. The van der Waals surface area contributed by atoms with Crippen LogP contribution in [0.3, 0.4) is 0 Å². The summed E-state index contributed by atoms with van der Waals surface area (Å²) in [6, 6.07) is 20.2. The van der Waals surface area contributed by atoms with Crippen LogP contribution in [0.5, 0.6) is 17.2 Å². The molecule has 170 valence electrons. The van der Waals surface area contributed by atoms with Crippen molar-refractivity contribution in [2.75, 3.05) is 12.1 Å². The van der Waals surface area contributed by atoms with Crippen molar-refractivity contribution in [2.45, 2.75) is 6.61 Å². The third-order valence-electron chi connectivity index (χ3n) is 5.06.